The number of carbonyl (C=O) groups is 2. The average Bonchev–Trinajstić information content (AvgIpc) is 2.58. The van der Waals surface area contributed by atoms with Gasteiger partial charge in [0.15, 0.2) is 0 Å². The number of carboxylic acids is 1. The van der Waals surface area contributed by atoms with E-state index >= 15 is 0 Å². The summed E-state index contributed by atoms with van der Waals surface area (Å²) in [7, 11) is 0. The summed E-state index contributed by atoms with van der Waals surface area (Å²) in [6, 6.07) is 1.92. The molecule has 5 heteroatoms. The summed E-state index contributed by atoms with van der Waals surface area (Å²) in [5, 5.41) is 10.5. The van der Waals surface area contributed by atoms with Gasteiger partial charge in [0.1, 0.15) is 0 Å². The van der Waals surface area contributed by atoms with Gasteiger partial charge in [0.2, 0.25) is 5.91 Å². The van der Waals surface area contributed by atoms with E-state index in [-0.39, 0.29) is 12.3 Å². The Labute approximate surface area is 91.7 Å². The third-order valence-corrected chi connectivity index (χ3v) is 3.07. The Morgan fingerprint density at radius 2 is 2.07 bits per heavy atom. The summed E-state index contributed by atoms with van der Waals surface area (Å²) in [4.78, 5) is 22.0. The van der Waals surface area contributed by atoms with Gasteiger partial charge >= 0.3 is 5.97 Å². The van der Waals surface area contributed by atoms with Crippen LogP contribution >= 0.6 is 11.3 Å². The summed E-state index contributed by atoms with van der Waals surface area (Å²) >= 11 is 1.53. The highest BCUT2D eigenvalue weighted by Gasteiger charge is 2.07. The molecule has 1 aromatic heterocycles. The Morgan fingerprint density at radius 3 is 2.67 bits per heavy atom. The molecular formula is C10H13NO3S. The maximum Gasteiger partial charge on any atom is 0.303 e. The van der Waals surface area contributed by atoms with Crippen molar-refractivity contribution in [1.29, 1.82) is 0 Å². The smallest absolute Gasteiger partial charge is 0.303 e. The van der Waals surface area contributed by atoms with Gasteiger partial charge < -0.3 is 10.8 Å². The molecule has 0 aliphatic rings. The number of rotatable bonds is 6. The van der Waals surface area contributed by atoms with Crippen molar-refractivity contribution in [1.82, 2.24) is 0 Å². The molecule has 1 rings (SSSR count). The number of amides is 1. The lowest BCUT2D eigenvalue weighted by Gasteiger charge is -2.00. The van der Waals surface area contributed by atoms with Crippen LogP contribution in [0.2, 0.25) is 0 Å². The maximum atomic E-state index is 10.6. The summed E-state index contributed by atoms with van der Waals surface area (Å²) < 4.78 is 0. The van der Waals surface area contributed by atoms with Gasteiger partial charge in [0.05, 0.1) is 6.42 Å². The molecule has 0 aliphatic carbocycles. The number of aliphatic carboxylic acids is 1. The Hall–Kier alpha value is -1.36. The van der Waals surface area contributed by atoms with Crippen molar-refractivity contribution in [2.75, 3.05) is 0 Å². The lowest BCUT2D eigenvalue weighted by molar-refractivity contribution is -0.137. The highest BCUT2D eigenvalue weighted by molar-refractivity contribution is 7.10. The van der Waals surface area contributed by atoms with E-state index in [1.165, 1.54) is 11.3 Å². The number of carbonyl (C=O) groups excluding carboxylic acids is 1. The average molecular weight is 227 g/mol. The van der Waals surface area contributed by atoms with Crippen molar-refractivity contribution in [3.63, 3.8) is 0 Å². The molecule has 1 amide bonds. The van der Waals surface area contributed by atoms with Crippen LogP contribution in [0.5, 0.6) is 0 Å². The molecule has 0 bridgehead atoms. The molecule has 4 nitrogen and oxygen atoms in total. The standard InChI is InChI=1S/C10H13NO3S/c11-9(12)3-1-7-5-6-15-8(7)2-4-10(13)14/h5-6H,1-4H2,(H2,11,12)(H,13,14). The molecule has 1 heterocycles. The van der Waals surface area contributed by atoms with E-state index in [1.807, 2.05) is 11.4 Å². The summed E-state index contributed by atoms with van der Waals surface area (Å²) in [6.45, 7) is 0. The highest BCUT2D eigenvalue weighted by Crippen LogP contribution is 2.20. The van der Waals surface area contributed by atoms with Crippen molar-refractivity contribution in [3.8, 4) is 0 Å². The second-order valence-corrected chi connectivity index (χ2v) is 4.23. The second-order valence-electron chi connectivity index (χ2n) is 3.23. The molecule has 0 saturated heterocycles. The van der Waals surface area contributed by atoms with Crippen LogP contribution in [0.1, 0.15) is 23.3 Å². The van der Waals surface area contributed by atoms with Gasteiger partial charge in [0.25, 0.3) is 0 Å². The van der Waals surface area contributed by atoms with Crippen LogP contribution in [-0.2, 0) is 22.4 Å². The van der Waals surface area contributed by atoms with Gasteiger partial charge in [-0.15, -0.1) is 11.3 Å². The van der Waals surface area contributed by atoms with E-state index in [9.17, 15) is 9.59 Å². The van der Waals surface area contributed by atoms with Gasteiger partial charge in [-0.05, 0) is 29.9 Å². The predicted octanol–water partition coefficient (Wildman–Crippen LogP) is 1.18. The molecule has 0 spiro atoms. The van der Waals surface area contributed by atoms with E-state index in [2.05, 4.69) is 0 Å². The SMILES string of the molecule is NC(=O)CCc1ccsc1CCC(=O)O. The number of carboxylic acid groups (broad SMARTS) is 1. The van der Waals surface area contributed by atoms with Crippen LogP contribution in [0.25, 0.3) is 0 Å². The molecule has 0 fully saturated rings. The topological polar surface area (TPSA) is 80.4 Å². The number of thiophene rings is 1. The van der Waals surface area contributed by atoms with Gasteiger partial charge in [-0.25, -0.2) is 0 Å². The lowest BCUT2D eigenvalue weighted by atomic mass is 10.1. The highest BCUT2D eigenvalue weighted by atomic mass is 32.1. The minimum atomic E-state index is -0.802. The molecule has 0 aromatic carbocycles. The summed E-state index contributed by atoms with van der Waals surface area (Å²) in [6.07, 6.45) is 1.58. The van der Waals surface area contributed by atoms with E-state index in [0.29, 0.717) is 19.3 Å². The third kappa shape index (κ3) is 4.12. The number of hydrogen-bond donors (Lipinski definition) is 2. The van der Waals surface area contributed by atoms with E-state index < -0.39 is 5.97 Å². The monoisotopic (exact) mass is 227 g/mol. The molecule has 15 heavy (non-hydrogen) atoms. The first kappa shape index (κ1) is 11.7. The fraction of sp³-hybridized carbons (Fsp3) is 0.400. The first-order valence-electron chi connectivity index (χ1n) is 4.65. The first-order chi connectivity index (χ1) is 7.09. The largest absolute Gasteiger partial charge is 0.481 e. The van der Waals surface area contributed by atoms with Gasteiger partial charge in [-0.1, -0.05) is 0 Å². The molecule has 82 valence electrons. The zero-order chi connectivity index (χ0) is 11.3. The number of nitrogens with two attached hydrogens (primary N) is 1. The van der Waals surface area contributed by atoms with E-state index in [1.54, 1.807) is 0 Å². The van der Waals surface area contributed by atoms with Crippen molar-refractivity contribution in [2.45, 2.75) is 25.7 Å². The zero-order valence-electron chi connectivity index (χ0n) is 8.23. The molecule has 0 unspecified atom stereocenters. The molecule has 0 radical (unpaired) electrons. The van der Waals surface area contributed by atoms with Gasteiger partial charge in [-0.3, -0.25) is 9.59 Å². The van der Waals surface area contributed by atoms with Crippen LogP contribution in [0.15, 0.2) is 11.4 Å². The third-order valence-electron chi connectivity index (χ3n) is 2.04. The molecule has 0 aliphatic heterocycles. The molecule has 0 saturated carbocycles. The lowest BCUT2D eigenvalue weighted by Crippen LogP contribution is -2.11. The number of aryl methyl sites for hydroxylation is 2. The minimum Gasteiger partial charge on any atom is -0.481 e. The van der Waals surface area contributed by atoms with Gasteiger partial charge in [-0.2, -0.15) is 0 Å². The van der Waals surface area contributed by atoms with Crippen molar-refractivity contribution in [3.05, 3.63) is 21.9 Å². The van der Waals surface area contributed by atoms with E-state index in [4.69, 9.17) is 10.8 Å². The van der Waals surface area contributed by atoms with Crippen LogP contribution in [0, 0.1) is 0 Å². The summed E-state index contributed by atoms with van der Waals surface area (Å²) in [5.74, 6) is -1.13. The maximum absolute atomic E-state index is 10.6. The number of primary amides is 1. The normalized spacial score (nSPS) is 10.1. The first-order valence-corrected chi connectivity index (χ1v) is 5.53. The van der Waals surface area contributed by atoms with Gasteiger partial charge in [0, 0.05) is 11.3 Å². The fourth-order valence-corrected chi connectivity index (χ4v) is 2.23. The second kappa shape index (κ2) is 5.50. The Morgan fingerprint density at radius 1 is 1.33 bits per heavy atom. The Balaban J connectivity index is 2.53. The molecule has 1 aromatic rings. The minimum absolute atomic E-state index is 0.129. The molecule has 3 N–H and O–H groups in total. The van der Waals surface area contributed by atoms with Crippen LogP contribution in [-0.4, -0.2) is 17.0 Å². The molecule has 0 atom stereocenters. The van der Waals surface area contributed by atoms with Crippen molar-refractivity contribution in [2.24, 2.45) is 5.73 Å². The fourth-order valence-electron chi connectivity index (χ4n) is 1.29. The van der Waals surface area contributed by atoms with Crippen molar-refractivity contribution < 1.29 is 14.7 Å². The van der Waals surface area contributed by atoms with Crippen LogP contribution < -0.4 is 5.73 Å². The number of hydrogen-bond acceptors (Lipinski definition) is 3. The van der Waals surface area contributed by atoms with Crippen LogP contribution in [0.4, 0.5) is 0 Å². The predicted molar refractivity (Wildman–Crippen MR) is 57.8 cm³/mol. The zero-order valence-corrected chi connectivity index (χ0v) is 9.05. The van der Waals surface area contributed by atoms with Crippen molar-refractivity contribution >= 4 is 23.2 Å². The van der Waals surface area contributed by atoms with Crippen LogP contribution in [0.3, 0.4) is 0 Å². The van der Waals surface area contributed by atoms with E-state index in [0.717, 1.165) is 10.4 Å². The Kier molecular flexibility index (Phi) is 4.30. The summed E-state index contributed by atoms with van der Waals surface area (Å²) in [5.41, 5.74) is 6.09. The Bertz CT molecular complexity index is 327. The molecular weight excluding hydrogens is 214 g/mol. The quantitative estimate of drug-likeness (QED) is 0.765.